The lowest BCUT2D eigenvalue weighted by Gasteiger charge is -2.24. The van der Waals surface area contributed by atoms with Crippen molar-refractivity contribution in [1.82, 2.24) is 19.9 Å². The number of carbonyl (C=O) groups is 1. The number of benzene rings is 1. The Morgan fingerprint density at radius 2 is 2.04 bits per heavy atom. The molecule has 0 atom stereocenters. The first-order chi connectivity index (χ1) is 13.3. The van der Waals surface area contributed by atoms with Crippen LogP contribution in [-0.2, 0) is 6.42 Å². The van der Waals surface area contributed by atoms with Crippen molar-refractivity contribution in [3.63, 3.8) is 0 Å². The van der Waals surface area contributed by atoms with Gasteiger partial charge in [-0.2, -0.15) is 0 Å². The standard InChI is InChI=1S/C21H25N5O2/c1-12-19(25-21(2,3)4)24-18-13(6-5-7-16(18)22-12)17-10-14-15(23-17)8-9-26(11-27)20(14)28/h5-7,10,23,27H,8-9,11H2,1-4H3,(H,24,25). The van der Waals surface area contributed by atoms with Crippen molar-refractivity contribution in [2.75, 3.05) is 18.6 Å². The summed E-state index contributed by atoms with van der Waals surface area (Å²) >= 11 is 0. The number of nitrogens with zero attached hydrogens (tertiary/aromatic N) is 3. The highest BCUT2D eigenvalue weighted by atomic mass is 16.3. The van der Waals surface area contributed by atoms with Gasteiger partial charge in [-0.1, -0.05) is 12.1 Å². The first kappa shape index (κ1) is 18.4. The lowest BCUT2D eigenvalue weighted by molar-refractivity contribution is 0.0534. The minimum atomic E-state index is -0.264. The van der Waals surface area contributed by atoms with E-state index in [0.717, 1.165) is 39.5 Å². The summed E-state index contributed by atoms with van der Waals surface area (Å²) in [5, 5.41) is 12.8. The Kier molecular flexibility index (Phi) is 4.34. The second kappa shape index (κ2) is 6.60. The molecular formula is C21H25N5O2. The van der Waals surface area contributed by atoms with Crippen molar-refractivity contribution >= 4 is 22.8 Å². The van der Waals surface area contributed by atoms with Gasteiger partial charge in [-0.05, 0) is 39.8 Å². The van der Waals surface area contributed by atoms with Crippen molar-refractivity contribution in [3.05, 3.63) is 41.2 Å². The summed E-state index contributed by atoms with van der Waals surface area (Å²) in [4.78, 5) is 26.9. The summed E-state index contributed by atoms with van der Waals surface area (Å²) in [6, 6.07) is 7.73. The number of hydrogen-bond acceptors (Lipinski definition) is 5. The van der Waals surface area contributed by atoms with Gasteiger partial charge in [-0.25, -0.2) is 9.97 Å². The highest BCUT2D eigenvalue weighted by Crippen LogP contribution is 2.31. The topological polar surface area (TPSA) is 94.1 Å². The van der Waals surface area contributed by atoms with E-state index in [1.54, 1.807) is 0 Å². The maximum absolute atomic E-state index is 12.5. The first-order valence-electron chi connectivity index (χ1n) is 9.45. The van der Waals surface area contributed by atoms with Crippen LogP contribution in [0, 0.1) is 6.92 Å². The number of hydrogen-bond donors (Lipinski definition) is 3. The predicted molar refractivity (Wildman–Crippen MR) is 109 cm³/mol. The number of H-pyrrole nitrogens is 1. The van der Waals surface area contributed by atoms with Gasteiger partial charge in [0, 0.05) is 35.5 Å². The molecule has 28 heavy (non-hydrogen) atoms. The number of aromatic amines is 1. The minimum Gasteiger partial charge on any atom is -0.376 e. The van der Waals surface area contributed by atoms with E-state index in [-0.39, 0.29) is 18.2 Å². The number of carbonyl (C=O) groups excluding carboxylic acids is 1. The van der Waals surface area contributed by atoms with Crippen molar-refractivity contribution in [2.24, 2.45) is 0 Å². The molecule has 3 N–H and O–H groups in total. The molecule has 0 unspecified atom stereocenters. The lowest BCUT2D eigenvalue weighted by Crippen LogP contribution is -2.37. The van der Waals surface area contributed by atoms with E-state index in [4.69, 9.17) is 9.97 Å². The number of aryl methyl sites for hydroxylation is 1. The first-order valence-corrected chi connectivity index (χ1v) is 9.45. The van der Waals surface area contributed by atoms with Crippen LogP contribution in [0.4, 0.5) is 5.82 Å². The third kappa shape index (κ3) is 3.22. The number of para-hydroxylation sites is 1. The lowest BCUT2D eigenvalue weighted by atomic mass is 10.1. The van der Waals surface area contributed by atoms with E-state index in [1.807, 2.05) is 31.2 Å². The number of amides is 1. The van der Waals surface area contributed by atoms with Crippen LogP contribution in [0.2, 0.25) is 0 Å². The third-order valence-electron chi connectivity index (χ3n) is 4.87. The Bertz CT molecular complexity index is 1060. The summed E-state index contributed by atoms with van der Waals surface area (Å²) in [6.07, 6.45) is 0.689. The molecule has 146 valence electrons. The van der Waals surface area contributed by atoms with E-state index < -0.39 is 0 Å². The van der Waals surface area contributed by atoms with E-state index >= 15 is 0 Å². The van der Waals surface area contributed by atoms with E-state index in [0.29, 0.717) is 18.5 Å². The molecule has 0 fully saturated rings. The van der Waals surface area contributed by atoms with E-state index in [9.17, 15) is 9.90 Å². The zero-order valence-electron chi connectivity index (χ0n) is 16.6. The molecule has 4 rings (SSSR count). The van der Waals surface area contributed by atoms with Crippen LogP contribution in [0.3, 0.4) is 0 Å². The molecule has 2 aromatic heterocycles. The molecule has 1 aromatic carbocycles. The molecule has 3 heterocycles. The Balaban J connectivity index is 1.84. The number of fused-ring (bicyclic) bond motifs is 2. The second-order valence-corrected chi connectivity index (χ2v) is 8.24. The Hall–Kier alpha value is -2.93. The highest BCUT2D eigenvalue weighted by molar-refractivity contribution is 5.99. The SMILES string of the molecule is Cc1nc2cccc(-c3cc4c([nH]3)CCN(CO)C4=O)c2nc1NC(C)(C)C. The number of anilines is 1. The Morgan fingerprint density at radius 1 is 1.25 bits per heavy atom. The van der Waals surface area contributed by atoms with Gasteiger partial charge >= 0.3 is 0 Å². The summed E-state index contributed by atoms with van der Waals surface area (Å²) in [7, 11) is 0. The Labute approximate surface area is 163 Å². The molecule has 3 aromatic rings. The zero-order chi connectivity index (χ0) is 20.1. The second-order valence-electron chi connectivity index (χ2n) is 8.24. The summed E-state index contributed by atoms with van der Waals surface area (Å²) < 4.78 is 0. The fraction of sp³-hybridized carbons (Fsp3) is 0.381. The van der Waals surface area contributed by atoms with E-state index in [2.05, 4.69) is 31.1 Å². The van der Waals surface area contributed by atoms with Crippen LogP contribution in [0.5, 0.6) is 0 Å². The van der Waals surface area contributed by atoms with Crippen LogP contribution in [0.1, 0.15) is 42.5 Å². The molecule has 7 nitrogen and oxygen atoms in total. The van der Waals surface area contributed by atoms with Gasteiger partial charge < -0.3 is 20.3 Å². The van der Waals surface area contributed by atoms with Gasteiger partial charge in [0.1, 0.15) is 18.1 Å². The molecule has 1 aliphatic rings. The monoisotopic (exact) mass is 379 g/mol. The van der Waals surface area contributed by atoms with Gasteiger partial charge in [0.15, 0.2) is 0 Å². The normalized spacial score (nSPS) is 14.5. The minimum absolute atomic E-state index is 0.131. The molecule has 7 heteroatoms. The van der Waals surface area contributed by atoms with Crippen molar-refractivity contribution < 1.29 is 9.90 Å². The maximum Gasteiger partial charge on any atom is 0.257 e. The smallest absolute Gasteiger partial charge is 0.257 e. The summed E-state index contributed by atoms with van der Waals surface area (Å²) in [5.41, 5.74) is 5.56. The fourth-order valence-electron chi connectivity index (χ4n) is 3.54. The third-order valence-corrected chi connectivity index (χ3v) is 4.87. The van der Waals surface area contributed by atoms with Gasteiger partial charge in [0.05, 0.1) is 16.8 Å². The molecule has 0 spiro atoms. The largest absolute Gasteiger partial charge is 0.376 e. The molecule has 0 saturated heterocycles. The average Bonchev–Trinajstić information content (AvgIpc) is 3.06. The highest BCUT2D eigenvalue weighted by Gasteiger charge is 2.26. The Morgan fingerprint density at radius 3 is 2.75 bits per heavy atom. The molecule has 1 amide bonds. The van der Waals surface area contributed by atoms with Crippen LogP contribution in [0.15, 0.2) is 24.3 Å². The average molecular weight is 379 g/mol. The number of nitrogens with one attached hydrogen (secondary N) is 2. The van der Waals surface area contributed by atoms with Gasteiger partial charge in [0.25, 0.3) is 5.91 Å². The molecular weight excluding hydrogens is 354 g/mol. The molecule has 1 aliphatic heterocycles. The molecule has 0 aliphatic carbocycles. The maximum atomic E-state index is 12.5. The molecule has 0 radical (unpaired) electrons. The van der Waals surface area contributed by atoms with Crippen molar-refractivity contribution in [1.29, 1.82) is 0 Å². The summed E-state index contributed by atoms with van der Waals surface area (Å²) in [6.45, 7) is 8.45. The number of aliphatic hydroxyl groups excluding tert-OH is 1. The zero-order valence-corrected chi connectivity index (χ0v) is 16.6. The fourth-order valence-corrected chi connectivity index (χ4v) is 3.54. The predicted octanol–water partition coefficient (Wildman–Crippen LogP) is 3.09. The van der Waals surface area contributed by atoms with Crippen molar-refractivity contribution in [2.45, 2.75) is 39.7 Å². The molecule has 0 saturated carbocycles. The van der Waals surface area contributed by atoms with Crippen LogP contribution >= 0.6 is 0 Å². The number of aromatic nitrogens is 3. The quantitative estimate of drug-likeness (QED) is 0.650. The van der Waals surface area contributed by atoms with Crippen molar-refractivity contribution in [3.8, 4) is 11.3 Å². The van der Waals surface area contributed by atoms with Gasteiger partial charge in [-0.15, -0.1) is 0 Å². The molecule has 0 bridgehead atoms. The number of rotatable bonds is 3. The summed E-state index contributed by atoms with van der Waals surface area (Å²) in [5.74, 6) is 0.606. The number of aliphatic hydroxyl groups is 1. The van der Waals surface area contributed by atoms with Gasteiger partial charge in [0.2, 0.25) is 0 Å². The van der Waals surface area contributed by atoms with Crippen LogP contribution in [0.25, 0.3) is 22.3 Å². The van der Waals surface area contributed by atoms with E-state index in [1.165, 1.54) is 4.90 Å². The van der Waals surface area contributed by atoms with Crippen LogP contribution < -0.4 is 5.32 Å². The van der Waals surface area contributed by atoms with Gasteiger partial charge in [-0.3, -0.25) is 4.79 Å². The van der Waals surface area contributed by atoms with Crippen LogP contribution in [-0.4, -0.2) is 49.7 Å².